The minimum absolute atomic E-state index is 0.319. The summed E-state index contributed by atoms with van der Waals surface area (Å²) in [6, 6.07) is -0.579. The van der Waals surface area contributed by atoms with Gasteiger partial charge < -0.3 is 20.5 Å². The molecule has 0 aromatic carbocycles. The van der Waals surface area contributed by atoms with Crippen LogP contribution in [0.1, 0.15) is 25.7 Å². The molecule has 3 atom stereocenters. The molecule has 2 fully saturated rings. The molecule has 7 nitrogen and oxygen atoms in total. The van der Waals surface area contributed by atoms with Crippen LogP contribution in [-0.4, -0.2) is 52.6 Å². The molecule has 0 aromatic heterocycles. The minimum Gasteiger partial charge on any atom is -0.479 e. The number of amides is 2. The summed E-state index contributed by atoms with van der Waals surface area (Å²) < 4.78 is 5.18. The first kappa shape index (κ1) is 12.8. The fourth-order valence-electron chi connectivity index (χ4n) is 2.51. The van der Waals surface area contributed by atoms with Crippen molar-refractivity contribution in [2.45, 2.75) is 43.9 Å². The summed E-state index contributed by atoms with van der Waals surface area (Å²) in [5.74, 6) is -1.90. The number of hydrogen-bond donors (Lipinski definition) is 2. The highest BCUT2D eigenvalue weighted by Crippen LogP contribution is 2.25. The molecule has 100 valence electrons. The van der Waals surface area contributed by atoms with E-state index in [-0.39, 0.29) is 5.91 Å². The van der Waals surface area contributed by atoms with E-state index in [9.17, 15) is 14.4 Å². The molecular weight excluding hydrogens is 240 g/mol. The molecule has 0 spiro atoms. The minimum atomic E-state index is -1.06. The van der Waals surface area contributed by atoms with Gasteiger partial charge in [0.25, 0.3) is 5.91 Å². The fraction of sp³-hybridized carbons (Fsp3) is 0.727. The Hall–Kier alpha value is -1.63. The van der Waals surface area contributed by atoms with E-state index in [2.05, 4.69) is 0 Å². The Morgan fingerprint density at radius 2 is 1.83 bits per heavy atom. The van der Waals surface area contributed by atoms with Crippen LogP contribution in [0, 0.1) is 0 Å². The van der Waals surface area contributed by atoms with Crippen LogP contribution in [0.15, 0.2) is 0 Å². The Bertz CT molecular complexity index is 384. The maximum absolute atomic E-state index is 12.1. The Morgan fingerprint density at radius 3 is 2.39 bits per heavy atom. The zero-order valence-electron chi connectivity index (χ0n) is 9.87. The number of carboxylic acid groups (broad SMARTS) is 1. The van der Waals surface area contributed by atoms with Crippen molar-refractivity contribution in [2.75, 3.05) is 6.54 Å². The normalized spacial score (nSPS) is 31.6. The number of primary amides is 1. The molecule has 7 heteroatoms. The van der Waals surface area contributed by atoms with Gasteiger partial charge in [-0.1, -0.05) is 0 Å². The molecule has 0 bridgehead atoms. The lowest BCUT2D eigenvalue weighted by atomic mass is 10.1. The Morgan fingerprint density at radius 1 is 1.17 bits per heavy atom. The Kier molecular flexibility index (Phi) is 3.51. The summed E-state index contributed by atoms with van der Waals surface area (Å²) in [6.45, 7) is 0.476. The third-order valence-electron chi connectivity index (χ3n) is 3.43. The van der Waals surface area contributed by atoms with Crippen LogP contribution < -0.4 is 5.73 Å². The van der Waals surface area contributed by atoms with Gasteiger partial charge in [0, 0.05) is 6.54 Å². The monoisotopic (exact) mass is 256 g/mol. The second kappa shape index (κ2) is 4.93. The van der Waals surface area contributed by atoms with Gasteiger partial charge in [-0.3, -0.25) is 9.59 Å². The van der Waals surface area contributed by atoms with Crippen LogP contribution in [0.4, 0.5) is 0 Å². The number of carbonyl (C=O) groups excluding carboxylic acids is 2. The Balaban J connectivity index is 2.00. The molecule has 2 aliphatic rings. The number of nitrogens with zero attached hydrogens (tertiary/aromatic N) is 1. The van der Waals surface area contributed by atoms with Crippen LogP contribution >= 0.6 is 0 Å². The van der Waals surface area contributed by atoms with Gasteiger partial charge in [0.15, 0.2) is 6.10 Å². The number of hydrogen-bond acceptors (Lipinski definition) is 4. The first-order chi connectivity index (χ1) is 8.50. The summed E-state index contributed by atoms with van der Waals surface area (Å²) >= 11 is 0. The maximum Gasteiger partial charge on any atom is 0.332 e. The fourth-order valence-corrected chi connectivity index (χ4v) is 2.51. The van der Waals surface area contributed by atoms with Crippen molar-refractivity contribution < 1.29 is 24.2 Å². The van der Waals surface area contributed by atoms with Crippen molar-refractivity contribution in [1.82, 2.24) is 4.90 Å². The predicted octanol–water partition coefficient (Wildman–Crippen LogP) is -0.905. The van der Waals surface area contributed by atoms with Crippen molar-refractivity contribution in [3.05, 3.63) is 0 Å². The maximum atomic E-state index is 12.1. The summed E-state index contributed by atoms with van der Waals surface area (Å²) in [4.78, 5) is 35.5. The smallest absolute Gasteiger partial charge is 0.332 e. The van der Waals surface area contributed by atoms with Crippen molar-refractivity contribution in [2.24, 2.45) is 5.73 Å². The van der Waals surface area contributed by atoms with Gasteiger partial charge in [-0.25, -0.2) is 4.79 Å². The average molecular weight is 256 g/mol. The van der Waals surface area contributed by atoms with Gasteiger partial charge in [0.2, 0.25) is 5.91 Å². The van der Waals surface area contributed by atoms with Crippen LogP contribution in [0.5, 0.6) is 0 Å². The van der Waals surface area contributed by atoms with E-state index in [1.807, 2.05) is 0 Å². The highest BCUT2D eigenvalue weighted by atomic mass is 16.5. The lowest BCUT2D eigenvalue weighted by Gasteiger charge is -2.25. The summed E-state index contributed by atoms with van der Waals surface area (Å²) in [5, 5.41) is 8.79. The third kappa shape index (κ3) is 2.31. The summed E-state index contributed by atoms with van der Waals surface area (Å²) in [6.07, 6.45) is 0.308. The second-order valence-corrected chi connectivity index (χ2v) is 4.62. The zero-order valence-corrected chi connectivity index (χ0v) is 9.87. The third-order valence-corrected chi connectivity index (χ3v) is 3.43. The highest BCUT2D eigenvalue weighted by Gasteiger charge is 2.41. The van der Waals surface area contributed by atoms with Gasteiger partial charge >= 0.3 is 5.97 Å². The van der Waals surface area contributed by atoms with E-state index >= 15 is 0 Å². The topological polar surface area (TPSA) is 110 Å². The quantitative estimate of drug-likeness (QED) is 0.679. The standard InChI is InChI=1S/C11H16N2O5/c12-9(14)6-2-1-5-13(6)10(15)7-3-4-8(18-7)11(16)17/h6-8H,1-5H2,(H2,12,14)(H,16,17). The number of likely N-dealkylation sites (tertiary alicyclic amines) is 1. The molecular formula is C11H16N2O5. The first-order valence-electron chi connectivity index (χ1n) is 5.98. The zero-order chi connectivity index (χ0) is 13.3. The lowest BCUT2D eigenvalue weighted by molar-refractivity contribution is -0.156. The second-order valence-electron chi connectivity index (χ2n) is 4.62. The number of carbonyl (C=O) groups is 3. The van der Waals surface area contributed by atoms with E-state index in [4.69, 9.17) is 15.6 Å². The molecule has 3 N–H and O–H groups in total. The van der Waals surface area contributed by atoms with Crippen molar-refractivity contribution >= 4 is 17.8 Å². The van der Waals surface area contributed by atoms with Crippen molar-refractivity contribution in [3.8, 4) is 0 Å². The van der Waals surface area contributed by atoms with Gasteiger partial charge in [0.1, 0.15) is 12.1 Å². The molecule has 2 aliphatic heterocycles. The van der Waals surface area contributed by atoms with E-state index in [0.717, 1.165) is 6.42 Å². The van der Waals surface area contributed by atoms with Crippen LogP contribution in [0.25, 0.3) is 0 Å². The van der Waals surface area contributed by atoms with Gasteiger partial charge in [-0.2, -0.15) is 0 Å². The van der Waals surface area contributed by atoms with E-state index in [1.54, 1.807) is 0 Å². The number of nitrogens with two attached hydrogens (primary N) is 1. The number of rotatable bonds is 3. The molecule has 0 aliphatic carbocycles. The van der Waals surface area contributed by atoms with Crippen LogP contribution in [-0.2, 0) is 19.1 Å². The highest BCUT2D eigenvalue weighted by molar-refractivity contribution is 5.89. The molecule has 2 rings (SSSR count). The molecule has 2 amide bonds. The molecule has 0 aromatic rings. The predicted molar refractivity (Wildman–Crippen MR) is 59.5 cm³/mol. The van der Waals surface area contributed by atoms with Gasteiger partial charge in [-0.05, 0) is 25.7 Å². The molecule has 3 unspecified atom stereocenters. The number of ether oxygens (including phenoxy) is 1. The van der Waals surface area contributed by atoms with Crippen molar-refractivity contribution in [3.63, 3.8) is 0 Å². The molecule has 2 heterocycles. The molecule has 2 saturated heterocycles. The van der Waals surface area contributed by atoms with Gasteiger partial charge in [-0.15, -0.1) is 0 Å². The molecule has 18 heavy (non-hydrogen) atoms. The molecule has 0 saturated carbocycles. The lowest BCUT2D eigenvalue weighted by Crippen LogP contribution is -2.47. The number of carboxylic acids is 1. The van der Waals surface area contributed by atoms with E-state index in [0.29, 0.717) is 25.8 Å². The van der Waals surface area contributed by atoms with E-state index in [1.165, 1.54) is 4.90 Å². The average Bonchev–Trinajstić information content (AvgIpc) is 2.97. The SMILES string of the molecule is NC(=O)C1CCCN1C(=O)C1CCC(C(=O)O)O1. The number of aliphatic carboxylic acids is 1. The summed E-state index contributed by atoms with van der Waals surface area (Å²) in [7, 11) is 0. The first-order valence-corrected chi connectivity index (χ1v) is 5.98. The van der Waals surface area contributed by atoms with Crippen LogP contribution in [0.3, 0.4) is 0 Å². The Labute approximate surface area is 104 Å². The molecule has 0 radical (unpaired) electrons. The van der Waals surface area contributed by atoms with E-state index < -0.39 is 30.1 Å². The summed E-state index contributed by atoms with van der Waals surface area (Å²) in [5.41, 5.74) is 5.23. The van der Waals surface area contributed by atoms with Gasteiger partial charge in [0.05, 0.1) is 0 Å². The van der Waals surface area contributed by atoms with Crippen molar-refractivity contribution in [1.29, 1.82) is 0 Å². The van der Waals surface area contributed by atoms with Crippen LogP contribution in [0.2, 0.25) is 0 Å². The largest absolute Gasteiger partial charge is 0.479 e.